The molecule has 5 rings (SSSR count). The predicted molar refractivity (Wildman–Crippen MR) is 107 cm³/mol. The van der Waals surface area contributed by atoms with Gasteiger partial charge in [-0.15, -0.1) is 0 Å². The summed E-state index contributed by atoms with van der Waals surface area (Å²) in [6, 6.07) is 9.57. The van der Waals surface area contributed by atoms with Crippen LogP contribution in [-0.4, -0.2) is 31.4 Å². The second-order valence-electron chi connectivity index (χ2n) is 7.82. The second kappa shape index (κ2) is 6.76. The summed E-state index contributed by atoms with van der Waals surface area (Å²) in [5.41, 5.74) is 2.47. The van der Waals surface area contributed by atoms with Crippen LogP contribution < -0.4 is 0 Å². The average molecular weight is 367 g/mol. The number of hydrogen-bond acceptors (Lipinski definition) is 4. The Hall–Kier alpha value is -1.75. The Morgan fingerprint density at radius 2 is 2.00 bits per heavy atom. The maximum Gasteiger partial charge on any atom is 0.160 e. The van der Waals surface area contributed by atoms with Gasteiger partial charge in [0.25, 0.3) is 0 Å². The molecular weight excluding hydrogens is 340 g/mol. The maximum atomic E-state index is 5.08. The zero-order chi connectivity index (χ0) is 17.5. The topological polar surface area (TPSA) is 33.4 Å². The van der Waals surface area contributed by atoms with Gasteiger partial charge in [0.1, 0.15) is 6.04 Å². The fourth-order valence-corrected chi connectivity index (χ4v) is 5.78. The molecule has 4 heterocycles. The summed E-state index contributed by atoms with van der Waals surface area (Å²) in [7, 11) is 0. The summed E-state index contributed by atoms with van der Waals surface area (Å²) in [5, 5.41) is 1.81. The Balaban J connectivity index is 1.48. The lowest BCUT2D eigenvalue weighted by molar-refractivity contribution is 0.318. The zero-order valence-corrected chi connectivity index (χ0v) is 16.1. The molecule has 0 radical (unpaired) electrons. The van der Waals surface area contributed by atoms with Crippen molar-refractivity contribution in [3.63, 3.8) is 0 Å². The minimum absolute atomic E-state index is 0.105. The van der Waals surface area contributed by atoms with Gasteiger partial charge in [-0.05, 0) is 36.6 Å². The molecule has 2 aromatic rings. The van der Waals surface area contributed by atoms with E-state index < -0.39 is 0 Å². The summed E-state index contributed by atoms with van der Waals surface area (Å²) in [4.78, 5) is 12.2. The van der Waals surface area contributed by atoms with Gasteiger partial charge in [-0.2, -0.15) is 0 Å². The lowest BCUT2D eigenvalue weighted by Crippen LogP contribution is -2.28. The fraction of sp³-hybridized carbons (Fsp3) is 0.524. The van der Waals surface area contributed by atoms with E-state index in [2.05, 4.69) is 52.0 Å². The van der Waals surface area contributed by atoms with Crippen molar-refractivity contribution >= 4 is 16.9 Å². The van der Waals surface area contributed by atoms with Crippen molar-refractivity contribution in [2.24, 2.45) is 4.99 Å². The standard InChI is InChI=1S/C21H26N4S/c1-15-13-25-20(16-10-12-24(14-16)17-7-3-2-4-8-17)19(23-21(25)26-15)18-9-5-6-11-22-18/h5-6,9-12,14-15,17,19-20H,2-4,7-8,13H2,1H3/t15-,19-,20-/m1/s1. The molecule has 0 unspecified atom stereocenters. The number of fused-ring (bicyclic) bond motifs is 1. The van der Waals surface area contributed by atoms with E-state index in [9.17, 15) is 0 Å². The van der Waals surface area contributed by atoms with Crippen LogP contribution in [0.25, 0.3) is 0 Å². The van der Waals surface area contributed by atoms with Crippen molar-refractivity contribution in [3.8, 4) is 0 Å². The van der Waals surface area contributed by atoms with Crippen LogP contribution in [0.1, 0.15) is 68.4 Å². The Morgan fingerprint density at radius 3 is 2.81 bits per heavy atom. The molecule has 2 fully saturated rings. The number of nitrogens with zero attached hydrogens (tertiary/aromatic N) is 4. The van der Waals surface area contributed by atoms with E-state index in [0.717, 1.165) is 12.2 Å². The average Bonchev–Trinajstić information content (AvgIpc) is 3.37. The molecule has 26 heavy (non-hydrogen) atoms. The molecule has 3 aliphatic rings. The summed E-state index contributed by atoms with van der Waals surface area (Å²) >= 11 is 1.91. The molecular formula is C21H26N4S. The third-order valence-corrected chi connectivity index (χ3v) is 7.06. The monoisotopic (exact) mass is 366 g/mol. The van der Waals surface area contributed by atoms with Crippen LogP contribution in [0.3, 0.4) is 0 Å². The van der Waals surface area contributed by atoms with Crippen LogP contribution in [0.2, 0.25) is 0 Å². The quantitative estimate of drug-likeness (QED) is 0.768. The summed E-state index contributed by atoms with van der Waals surface area (Å²) < 4.78 is 2.47. The van der Waals surface area contributed by atoms with Gasteiger partial charge in [-0.25, -0.2) is 0 Å². The first-order chi connectivity index (χ1) is 12.8. The highest BCUT2D eigenvalue weighted by atomic mass is 32.2. The van der Waals surface area contributed by atoms with E-state index in [4.69, 9.17) is 4.99 Å². The van der Waals surface area contributed by atoms with E-state index in [0.29, 0.717) is 11.3 Å². The molecule has 0 amide bonds. The van der Waals surface area contributed by atoms with Gasteiger partial charge in [0.05, 0.1) is 11.7 Å². The van der Waals surface area contributed by atoms with Gasteiger partial charge in [-0.3, -0.25) is 9.98 Å². The third kappa shape index (κ3) is 2.86. The number of rotatable bonds is 3. The molecule has 0 spiro atoms. The Bertz CT molecular complexity index is 793. The largest absolute Gasteiger partial charge is 0.351 e. The zero-order valence-electron chi connectivity index (χ0n) is 15.3. The first-order valence-electron chi connectivity index (χ1n) is 9.89. The number of hydrogen-bond donors (Lipinski definition) is 0. The Morgan fingerprint density at radius 1 is 1.12 bits per heavy atom. The molecule has 2 aliphatic heterocycles. The van der Waals surface area contributed by atoms with Gasteiger partial charge < -0.3 is 9.47 Å². The van der Waals surface area contributed by atoms with Gasteiger partial charge in [-0.1, -0.05) is 44.0 Å². The summed E-state index contributed by atoms with van der Waals surface area (Å²) in [6.45, 7) is 3.37. The van der Waals surface area contributed by atoms with Gasteiger partial charge in [0, 0.05) is 36.4 Å². The number of thioether (sulfide) groups is 1. The molecule has 5 heteroatoms. The van der Waals surface area contributed by atoms with Crippen molar-refractivity contribution in [1.29, 1.82) is 0 Å². The van der Waals surface area contributed by atoms with Crippen LogP contribution >= 0.6 is 11.8 Å². The smallest absolute Gasteiger partial charge is 0.160 e. The molecule has 2 aromatic heterocycles. The molecule has 4 nitrogen and oxygen atoms in total. The Kier molecular flexibility index (Phi) is 4.27. The summed E-state index contributed by atoms with van der Waals surface area (Å²) in [6.07, 6.45) is 13.3. The fourth-order valence-electron chi connectivity index (χ4n) is 4.69. The van der Waals surface area contributed by atoms with E-state index >= 15 is 0 Å². The summed E-state index contributed by atoms with van der Waals surface area (Å²) in [5.74, 6) is 0. The van der Waals surface area contributed by atoms with Crippen LogP contribution in [0.15, 0.2) is 47.8 Å². The number of aromatic nitrogens is 2. The normalized spacial score (nSPS) is 29.0. The predicted octanol–water partition coefficient (Wildman–Crippen LogP) is 4.98. The molecule has 0 aromatic carbocycles. The van der Waals surface area contributed by atoms with Crippen molar-refractivity contribution in [2.75, 3.05) is 6.54 Å². The Labute approximate surface area is 159 Å². The van der Waals surface area contributed by atoms with Crippen LogP contribution in [-0.2, 0) is 0 Å². The molecule has 0 bridgehead atoms. The highest BCUT2D eigenvalue weighted by Gasteiger charge is 2.43. The van der Waals surface area contributed by atoms with Crippen LogP contribution in [0, 0.1) is 0 Å². The number of amidine groups is 1. The third-order valence-electron chi connectivity index (χ3n) is 5.96. The van der Waals surface area contributed by atoms with E-state index in [1.165, 1.54) is 42.8 Å². The molecule has 1 saturated carbocycles. The van der Waals surface area contributed by atoms with Crippen molar-refractivity contribution in [2.45, 2.75) is 62.4 Å². The molecule has 3 atom stereocenters. The van der Waals surface area contributed by atoms with E-state index in [-0.39, 0.29) is 12.1 Å². The first kappa shape index (κ1) is 16.4. The van der Waals surface area contributed by atoms with Gasteiger partial charge in [0.15, 0.2) is 5.17 Å². The van der Waals surface area contributed by atoms with Crippen molar-refractivity contribution in [1.82, 2.24) is 14.5 Å². The van der Waals surface area contributed by atoms with Crippen LogP contribution in [0.5, 0.6) is 0 Å². The number of pyridine rings is 1. The number of aliphatic imine (C=N–C) groups is 1. The highest BCUT2D eigenvalue weighted by molar-refractivity contribution is 8.14. The molecule has 1 aliphatic carbocycles. The van der Waals surface area contributed by atoms with E-state index in [1.807, 2.05) is 24.0 Å². The minimum atomic E-state index is 0.105. The SMILES string of the molecule is C[C@@H]1CN2C(=N[C@H](c3ccccn3)[C@H]2c2ccn(C3CCCCC3)c2)S1. The molecule has 0 N–H and O–H groups in total. The molecule has 1 saturated heterocycles. The molecule has 136 valence electrons. The van der Waals surface area contributed by atoms with Crippen molar-refractivity contribution < 1.29 is 0 Å². The first-order valence-corrected chi connectivity index (χ1v) is 10.8. The van der Waals surface area contributed by atoms with Gasteiger partial charge in [0.2, 0.25) is 0 Å². The minimum Gasteiger partial charge on any atom is -0.351 e. The lowest BCUT2D eigenvalue weighted by atomic mass is 9.95. The van der Waals surface area contributed by atoms with Crippen LogP contribution in [0.4, 0.5) is 0 Å². The maximum absolute atomic E-state index is 5.08. The van der Waals surface area contributed by atoms with Gasteiger partial charge >= 0.3 is 0 Å². The van der Waals surface area contributed by atoms with Crippen molar-refractivity contribution in [3.05, 3.63) is 54.1 Å². The van der Waals surface area contributed by atoms with E-state index in [1.54, 1.807) is 0 Å². The highest BCUT2D eigenvalue weighted by Crippen LogP contribution is 2.47. The lowest BCUT2D eigenvalue weighted by Gasteiger charge is -2.27. The second-order valence-corrected chi connectivity index (χ2v) is 9.23.